The first kappa shape index (κ1) is 22.1. The van der Waals surface area contributed by atoms with Gasteiger partial charge in [0.2, 0.25) is 0 Å². The van der Waals surface area contributed by atoms with Crippen LogP contribution < -0.4 is 4.72 Å². The smallest absolute Gasteiger partial charge is 0.261 e. The maximum atomic E-state index is 12.8. The Morgan fingerprint density at radius 1 is 1.10 bits per heavy atom. The lowest BCUT2D eigenvalue weighted by Gasteiger charge is -2.17. The quantitative estimate of drug-likeness (QED) is 0.568. The molecule has 158 valence electrons. The highest BCUT2D eigenvalue weighted by Gasteiger charge is 2.22. The Labute approximate surface area is 184 Å². The van der Waals surface area contributed by atoms with Crippen molar-refractivity contribution in [3.8, 4) is 0 Å². The van der Waals surface area contributed by atoms with E-state index in [4.69, 9.17) is 27.7 Å². The van der Waals surface area contributed by atoms with Gasteiger partial charge < -0.3 is 9.42 Å². The summed E-state index contributed by atoms with van der Waals surface area (Å²) in [6.07, 6.45) is 0. The summed E-state index contributed by atoms with van der Waals surface area (Å²) in [5.41, 5.74) is 1.77. The zero-order chi connectivity index (χ0) is 22.1. The van der Waals surface area contributed by atoms with Gasteiger partial charge in [-0.15, -0.1) is 0 Å². The van der Waals surface area contributed by atoms with Gasteiger partial charge in [-0.2, -0.15) is 0 Å². The van der Waals surface area contributed by atoms with Crippen molar-refractivity contribution >= 4 is 44.8 Å². The first-order valence-electron chi connectivity index (χ1n) is 8.83. The summed E-state index contributed by atoms with van der Waals surface area (Å²) in [4.78, 5) is 14.1. The van der Waals surface area contributed by atoms with E-state index in [0.717, 1.165) is 5.56 Å². The Morgan fingerprint density at radius 2 is 1.83 bits per heavy atom. The van der Waals surface area contributed by atoms with Crippen LogP contribution >= 0.6 is 23.2 Å². The van der Waals surface area contributed by atoms with Gasteiger partial charge in [0.25, 0.3) is 15.9 Å². The molecule has 0 aliphatic heterocycles. The molecule has 0 unspecified atom stereocenters. The Kier molecular flexibility index (Phi) is 6.40. The van der Waals surface area contributed by atoms with Gasteiger partial charge in [0.1, 0.15) is 11.5 Å². The molecule has 1 N–H and O–H groups in total. The number of rotatable bonds is 6. The fourth-order valence-corrected chi connectivity index (χ4v) is 4.17. The van der Waals surface area contributed by atoms with Crippen LogP contribution in [0.2, 0.25) is 10.0 Å². The topological polar surface area (TPSA) is 92.5 Å². The van der Waals surface area contributed by atoms with Crippen molar-refractivity contribution in [2.45, 2.75) is 25.3 Å². The minimum absolute atomic E-state index is 0.0594. The zero-order valence-corrected chi connectivity index (χ0v) is 18.8. The highest BCUT2D eigenvalue weighted by Crippen LogP contribution is 2.26. The van der Waals surface area contributed by atoms with Crippen LogP contribution in [-0.4, -0.2) is 31.4 Å². The Bertz CT molecular complexity index is 1210. The molecule has 10 heteroatoms. The number of benzene rings is 2. The van der Waals surface area contributed by atoms with Gasteiger partial charge in [-0.1, -0.05) is 34.4 Å². The summed E-state index contributed by atoms with van der Waals surface area (Å²) in [5.74, 6) is 0.176. The first-order chi connectivity index (χ1) is 14.1. The van der Waals surface area contributed by atoms with E-state index in [2.05, 4.69) is 9.88 Å². The van der Waals surface area contributed by atoms with E-state index in [1.165, 1.54) is 29.2 Å². The number of aromatic nitrogens is 1. The molecule has 0 bridgehead atoms. The number of amides is 1. The molecule has 1 heterocycles. The number of halogens is 2. The second-order valence-corrected chi connectivity index (χ2v) is 9.30. The van der Waals surface area contributed by atoms with Crippen molar-refractivity contribution in [2.75, 3.05) is 11.8 Å². The summed E-state index contributed by atoms with van der Waals surface area (Å²) >= 11 is 12.2. The van der Waals surface area contributed by atoms with Crippen molar-refractivity contribution in [1.82, 2.24) is 10.1 Å². The standard InChI is InChI=1S/C20H19Cl2N3O4S/c1-12-4-5-14(9-19(12)22)24-30(27,28)16-6-7-18(21)17(10-16)20(26)25(3)11-15-8-13(2)29-23-15/h4-10,24H,11H2,1-3H3. The zero-order valence-electron chi connectivity index (χ0n) is 16.4. The highest BCUT2D eigenvalue weighted by atomic mass is 35.5. The summed E-state index contributed by atoms with van der Waals surface area (Å²) in [6, 6.07) is 10.5. The van der Waals surface area contributed by atoms with Crippen LogP contribution in [-0.2, 0) is 16.6 Å². The number of hydrogen-bond acceptors (Lipinski definition) is 5. The Balaban J connectivity index is 1.85. The SMILES string of the molecule is Cc1cc(CN(C)C(=O)c2cc(S(=O)(=O)Nc3ccc(C)c(Cl)c3)ccc2Cl)no1. The van der Waals surface area contributed by atoms with Gasteiger partial charge in [-0.05, 0) is 49.7 Å². The van der Waals surface area contributed by atoms with Crippen molar-refractivity contribution in [3.63, 3.8) is 0 Å². The van der Waals surface area contributed by atoms with Gasteiger partial charge in [0.15, 0.2) is 0 Å². The predicted molar refractivity (Wildman–Crippen MR) is 115 cm³/mol. The molecule has 0 atom stereocenters. The summed E-state index contributed by atoms with van der Waals surface area (Å²) in [7, 11) is -2.40. The molecule has 0 spiro atoms. The number of aryl methyl sites for hydroxylation is 2. The molecule has 0 saturated heterocycles. The fraction of sp³-hybridized carbons (Fsp3) is 0.200. The minimum atomic E-state index is -3.96. The normalized spacial score (nSPS) is 11.4. The molecule has 3 aromatic rings. The predicted octanol–water partition coefficient (Wildman–Crippen LogP) is 4.67. The molecule has 1 aromatic heterocycles. The third-order valence-electron chi connectivity index (χ3n) is 4.33. The lowest BCUT2D eigenvalue weighted by atomic mass is 10.2. The van der Waals surface area contributed by atoms with E-state index in [1.54, 1.807) is 32.2 Å². The molecule has 1 amide bonds. The van der Waals surface area contributed by atoms with E-state index in [9.17, 15) is 13.2 Å². The molecule has 2 aromatic carbocycles. The summed E-state index contributed by atoms with van der Waals surface area (Å²) < 4.78 is 33.1. The van der Waals surface area contributed by atoms with E-state index in [1.807, 2.05) is 6.92 Å². The minimum Gasteiger partial charge on any atom is -0.361 e. The molecule has 0 radical (unpaired) electrons. The maximum absolute atomic E-state index is 12.8. The van der Waals surface area contributed by atoms with Crippen LogP contribution in [0.25, 0.3) is 0 Å². The number of carbonyl (C=O) groups is 1. The van der Waals surface area contributed by atoms with E-state index >= 15 is 0 Å². The lowest BCUT2D eigenvalue weighted by Crippen LogP contribution is -2.27. The van der Waals surface area contributed by atoms with Crippen LogP contribution in [0.3, 0.4) is 0 Å². The van der Waals surface area contributed by atoms with Crippen LogP contribution in [0.5, 0.6) is 0 Å². The van der Waals surface area contributed by atoms with Crippen molar-refractivity contribution < 1.29 is 17.7 Å². The third kappa shape index (κ3) is 4.95. The molecular weight excluding hydrogens is 449 g/mol. The van der Waals surface area contributed by atoms with Gasteiger partial charge >= 0.3 is 0 Å². The monoisotopic (exact) mass is 467 g/mol. The van der Waals surface area contributed by atoms with Gasteiger partial charge in [0.05, 0.1) is 27.7 Å². The third-order valence-corrected chi connectivity index (χ3v) is 6.44. The molecule has 30 heavy (non-hydrogen) atoms. The average Bonchev–Trinajstić information content (AvgIpc) is 3.08. The van der Waals surface area contributed by atoms with Crippen LogP contribution in [0.4, 0.5) is 5.69 Å². The maximum Gasteiger partial charge on any atom is 0.261 e. The second-order valence-electron chi connectivity index (χ2n) is 6.80. The van der Waals surface area contributed by atoms with Gasteiger partial charge in [0, 0.05) is 18.1 Å². The molecule has 3 rings (SSSR count). The number of nitrogens with one attached hydrogen (secondary N) is 1. The largest absolute Gasteiger partial charge is 0.361 e. The lowest BCUT2D eigenvalue weighted by molar-refractivity contribution is 0.0782. The van der Waals surface area contributed by atoms with E-state index < -0.39 is 15.9 Å². The molecule has 0 aliphatic carbocycles. The number of nitrogens with zero attached hydrogens (tertiary/aromatic N) is 2. The highest BCUT2D eigenvalue weighted by molar-refractivity contribution is 7.92. The molecule has 0 aliphatic rings. The van der Waals surface area contributed by atoms with Crippen LogP contribution in [0.15, 0.2) is 51.9 Å². The Hall–Kier alpha value is -2.55. The number of sulfonamides is 1. The molecule has 0 saturated carbocycles. The van der Waals surface area contributed by atoms with Gasteiger partial charge in [-0.3, -0.25) is 9.52 Å². The molecule has 0 fully saturated rings. The number of carbonyl (C=O) groups excluding carboxylic acids is 1. The van der Waals surface area contributed by atoms with Gasteiger partial charge in [-0.25, -0.2) is 8.42 Å². The molecular formula is C20H19Cl2N3O4S. The van der Waals surface area contributed by atoms with E-state index in [-0.39, 0.29) is 22.0 Å². The number of hydrogen-bond donors (Lipinski definition) is 1. The molecule has 7 nitrogen and oxygen atoms in total. The fourth-order valence-electron chi connectivity index (χ4n) is 2.72. The van der Waals surface area contributed by atoms with Crippen molar-refractivity contribution in [1.29, 1.82) is 0 Å². The number of anilines is 1. The first-order valence-corrected chi connectivity index (χ1v) is 11.1. The van der Waals surface area contributed by atoms with Crippen LogP contribution in [0, 0.1) is 13.8 Å². The van der Waals surface area contributed by atoms with E-state index in [0.29, 0.717) is 22.2 Å². The average molecular weight is 468 g/mol. The summed E-state index contributed by atoms with van der Waals surface area (Å²) in [6.45, 7) is 3.75. The van der Waals surface area contributed by atoms with Crippen LogP contribution in [0.1, 0.15) is 27.4 Å². The second kappa shape index (κ2) is 8.67. The van der Waals surface area contributed by atoms with Crippen molar-refractivity contribution in [2.24, 2.45) is 0 Å². The van der Waals surface area contributed by atoms with Crippen molar-refractivity contribution in [3.05, 3.63) is 75.1 Å². The Morgan fingerprint density at radius 3 is 2.47 bits per heavy atom. The summed E-state index contributed by atoms with van der Waals surface area (Å²) in [5, 5.41) is 4.43.